The van der Waals surface area contributed by atoms with E-state index < -0.39 is 0 Å². The topological polar surface area (TPSA) is 65.5 Å². The molecule has 0 aliphatic heterocycles. The predicted molar refractivity (Wildman–Crippen MR) is 102 cm³/mol. The van der Waals surface area contributed by atoms with Crippen LogP contribution in [0.2, 0.25) is 5.02 Å². The van der Waals surface area contributed by atoms with Gasteiger partial charge in [-0.1, -0.05) is 23.7 Å². The molecule has 3 aromatic heterocycles. The molecule has 0 N–H and O–H groups in total. The SMILES string of the molecule is Clc1ccc(OCc2ccc(-c3nc4c5ccccc5ncn4n3)o2)cc1. The van der Waals surface area contributed by atoms with Crippen LogP contribution in [0.3, 0.4) is 0 Å². The van der Waals surface area contributed by atoms with E-state index in [9.17, 15) is 0 Å². The molecule has 5 rings (SSSR count). The van der Waals surface area contributed by atoms with Crippen molar-refractivity contribution in [1.29, 1.82) is 0 Å². The normalized spacial score (nSPS) is 11.3. The summed E-state index contributed by atoms with van der Waals surface area (Å²) in [6, 6.07) is 18.7. The quantitative estimate of drug-likeness (QED) is 0.452. The molecular weight excluding hydrogens is 364 g/mol. The van der Waals surface area contributed by atoms with Crippen molar-refractivity contribution in [3.8, 4) is 17.3 Å². The van der Waals surface area contributed by atoms with Gasteiger partial charge in [0.05, 0.1) is 5.52 Å². The number of benzene rings is 2. The Morgan fingerprint density at radius 1 is 1.00 bits per heavy atom. The lowest BCUT2D eigenvalue weighted by Gasteiger charge is -2.03. The number of para-hydroxylation sites is 1. The number of nitrogens with zero attached hydrogens (tertiary/aromatic N) is 4. The minimum absolute atomic E-state index is 0.305. The van der Waals surface area contributed by atoms with Crippen LogP contribution >= 0.6 is 11.6 Å². The second-order valence-electron chi connectivity index (χ2n) is 5.97. The van der Waals surface area contributed by atoms with Crippen LogP contribution < -0.4 is 4.74 Å². The van der Waals surface area contributed by atoms with Gasteiger partial charge in [0.25, 0.3) is 0 Å². The monoisotopic (exact) mass is 376 g/mol. The lowest BCUT2D eigenvalue weighted by Crippen LogP contribution is -1.93. The number of ether oxygens (including phenoxy) is 1. The van der Waals surface area contributed by atoms with Crippen molar-refractivity contribution in [1.82, 2.24) is 19.6 Å². The molecule has 0 spiro atoms. The summed E-state index contributed by atoms with van der Waals surface area (Å²) in [5.74, 6) is 2.49. The average Bonchev–Trinajstić information content (AvgIpc) is 3.34. The third-order valence-corrected chi connectivity index (χ3v) is 4.41. The first kappa shape index (κ1) is 15.8. The van der Waals surface area contributed by atoms with Crippen molar-refractivity contribution in [3.05, 3.63) is 77.8 Å². The molecule has 0 saturated heterocycles. The number of rotatable bonds is 4. The molecule has 0 atom stereocenters. The zero-order valence-electron chi connectivity index (χ0n) is 14.0. The summed E-state index contributed by atoms with van der Waals surface area (Å²) in [7, 11) is 0. The minimum atomic E-state index is 0.305. The van der Waals surface area contributed by atoms with Crippen molar-refractivity contribution in [2.45, 2.75) is 6.61 Å². The molecule has 0 saturated carbocycles. The summed E-state index contributed by atoms with van der Waals surface area (Å²) in [5.41, 5.74) is 1.62. The molecule has 0 aliphatic rings. The molecule has 132 valence electrons. The molecule has 27 heavy (non-hydrogen) atoms. The summed E-state index contributed by atoms with van der Waals surface area (Å²) in [5, 5.41) is 6.08. The molecule has 2 aromatic carbocycles. The van der Waals surface area contributed by atoms with Crippen molar-refractivity contribution < 1.29 is 9.15 Å². The van der Waals surface area contributed by atoms with Gasteiger partial charge in [-0.15, -0.1) is 5.10 Å². The Morgan fingerprint density at radius 2 is 1.85 bits per heavy atom. The Morgan fingerprint density at radius 3 is 2.74 bits per heavy atom. The summed E-state index contributed by atoms with van der Waals surface area (Å²) in [4.78, 5) is 9.01. The molecule has 0 unspecified atom stereocenters. The van der Waals surface area contributed by atoms with Crippen LogP contribution in [-0.2, 0) is 6.61 Å². The average molecular weight is 377 g/mol. The fourth-order valence-corrected chi connectivity index (χ4v) is 2.97. The van der Waals surface area contributed by atoms with E-state index >= 15 is 0 Å². The highest BCUT2D eigenvalue weighted by Crippen LogP contribution is 2.24. The van der Waals surface area contributed by atoms with Gasteiger partial charge < -0.3 is 9.15 Å². The van der Waals surface area contributed by atoms with Crippen molar-refractivity contribution in [2.75, 3.05) is 0 Å². The molecular formula is C20H13ClN4O2. The third kappa shape index (κ3) is 3.00. The number of halogens is 1. The summed E-state index contributed by atoms with van der Waals surface area (Å²) in [6.07, 6.45) is 1.65. The van der Waals surface area contributed by atoms with Gasteiger partial charge in [0, 0.05) is 10.4 Å². The molecule has 3 heterocycles. The second-order valence-corrected chi connectivity index (χ2v) is 6.41. The first-order chi connectivity index (χ1) is 13.3. The molecule has 0 amide bonds. The van der Waals surface area contributed by atoms with Crippen LogP contribution in [-0.4, -0.2) is 19.6 Å². The maximum absolute atomic E-state index is 5.88. The van der Waals surface area contributed by atoms with Gasteiger partial charge >= 0.3 is 0 Å². The highest BCUT2D eigenvalue weighted by Gasteiger charge is 2.13. The zero-order chi connectivity index (χ0) is 18.2. The van der Waals surface area contributed by atoms with E-state index in [1.165, 1.54) is 0 Å². The number of hydrogen-bond donors (Lipinski definition) is 0. The Hall–Kier alpha value is -3.38. The molecule has 0 fully saturated rings. The van der Waals surface area contributed by atoms with Gasteiger partial charge in [-0.25, -0.2) is 14.5 Å². The van der Waals surface area contributed by atoms with Crippen molar-refractivity contribution in [2.24, 2.45) is 0 Å². The van der Waals surface area contributed by atoms with Gasteiger partial charge in [0.2, 0.25) is 5.82 Å². The fourth-order valence-electron chi connectivity index (χ4n) is 2.84. The van der Waals surface area contributed by atoms with Crippen molar-refractivity contribution >= 4 is 28.2 Å². The van der Waals surface area contributed by atoms with Crippen LogP contribution in [0, 0.1) is 0 Å². The van der Waals surface area contributed by atoms with Crippen LogP contribution in [0.4, 0.5) is 0 Å². The highest BCUT2D eigenvalue weighted by atomic mass is 35.5. The maximum atomic E-state index is 5.88. The molecule has 0 aliphatic carbocycles. The number of hydrogen-bond acceptors (Lipinski definition) is 5. The first-order valence-electron chi connectivity index (χ1n) is 8.34. The van der Waals surface area contributed by atoms with Gasteiger partial charge in [0.1, 0.15) is 24.4 Å². The lowest BCUT2D eigenvalue weighted by atomic mass is 10.2. The number of fused-ring (bicyclic) bond motifs is 3. The lowest BCUT2D eigenvalue weighted by molar-refractivity contribution is 0.272. The second kappa shape index (κ2) is 6.41. The molecule has 0 bridgehead atoms. The number of aromatic nitrogens is 4. The first-order valence-corrected chi connectivity index (χ1v) is 8.72. The number of furan rings is 1. The van der Waals surface area contributed by atoms with Gasteiger partial charge in [-0.05, 0) is 48.5 Å². The van der Waals surface area contributed by atoms with E-state index in [1.54, 1.807) is 23.0 Å². The fraction of sp³-hybridized carbons (Fsp3) is 0.0500. The zero-order valence-corrected chi connectivity index (χ0v) is 14.8. The summed E-state index contributed by atoms with van der Waals surface area (Å²) < 4.78 is 13.2. The Labute approximate surface area is 159 Å². The van der Waals surface area contributed by atoms with Crippen LogP contribution in [0.25, 0.3) is 28.1 Å². The molecule has 5 aromatic rings. The molecule has 6 nitrogen and oxygen atoms in total. The van der Waals surface area contributed by atoms with E-state index in [2.05, 4.69) is 15.1 Å². The van der Waals surface area contributed by atoms with E-state index in [-0.39, 0.29) is 0 Å². The predicted octanol–water partition coefficient (Wildman–Crippen LogP) is 4.77. The van der Waals surface area contributed by atoms with Crippen molar-refractivity contribution in [3.63, 3.8) is 0 Å². The summed E-state index contributed by atoms with van der Waals surface area (Å²) in [6.45, 7) is 0.305. The standard InChI is InChI=1S/C20H13ClN4O2/c21-13-5-7-14(8-6-13)26-11-15-9-10-18(27-15)19-23-20-16-3-1-2-4-17(16)22-12-25(20)24-19/h1-10,12H,11H2. The van der Waals surface area contributed by atoms with Crippen LogP contribution in [0.15, 0.2) is 71.4 Å². The minimum Gasteiger partial charge on any atom is -0.486 e. The van der Waals surface area contributed by atoms with E-state index in [1.807, 2.05) is 48.5 Å². The molecule has 7 heteroatoms. The van der Waals surface area contributed by atoms with Gasteiger partial charge in [-0.2, -0.15) is 0 Å². The van der Waals surface area contributed by atoms with Gasteiger partial charge in [-0.3, -0.25) is 0 Å². The Kier molecular flexibility index (Phi) is 3.76. The van der Waals surface area contributed by atoms with E-state index in [0.29, 0.717) is 29.0 Å². The molecule has 0 radical (unpaired) electrons. The third-order valence-electron chi connectivity index (χ3n) is 4.16. The van der Waals surface area contributed by atoms with Crippen LogP contribution in [0.5, 0.6) is 5.75 Å². The Balaban J connectivity index is 1.42. The van der Waals surface area contributed by atoms with E-state index in [0.717, 1.165) is 22.3 Å². The Bertz CT molecular complexity index is 1240. The van der Waals surface area contributed by atoms with Gasteiger partial charge in [0.15, 0.2) is 11.4 Å². The largest absolute Gasteiger partial charge is 0.486 e. The summed E-state index contributed by atoms with van der Waals surface area (Å²) >= 11 is 5.88. The highest BCUT2D eigenvalue weighted by molar-refractivity contribution is 6.30. The van der Waals surface area contributed by atoms with Crippen LogP contribution in [0.1, 0.15) is 5.76 Å². The maximum Gasteiger partial charge on any atom is 0.217 e. The smallest absolute Gasteiger partial charge is 0.217 e. The van der Waals surface area contributed by atoms with E-state index in [4.69, 9.17) is 20.8 Å².